The largest absolute Gasteiger partial charge is 0.484 e. The number of nitrogens with zero attached hydrogens (tertiary/aromatic N) is 1. The van der Waals surface area contributed by atoms with Crippen molar-refractivity contribution < 1.29 is 14.3 Å². The van der Waals surface area contributed by atoms with E-state index in [4.69, 9.17) is 17.0 Å². The van der Waals surface area contributed by atoms with Gasteiger partial charge in [0.2, 0.25) is 0 Å². The van der Waals surface area contributed by atoms with Gasteiger partial charge in [0.05, 0.1) is 4.91 Å². The highest BCUT2D eigenvalue weighted by Gasteiger charge is 2.31. The molecule has 0 aliphatic carbocycles. The lowest BCUT2D eigenvalue weighted by molar-refractivity contribution is -0.122. The monoisotopic (exact) mass is 502 g/mol. The highest BCUT2D eigenvalue weighted by molar-refractivity contribution is 8.26. The molecule has 3 aromatic carbocycles. The van der Waals surface area contributed by atoms with Gasteiger partial charge in [-0.3, -0.25) is 14.5 Å². The molecule has 0 bridgehead atoms. The minimum absolute atomic E-state index is 0.0700. The van der Waals surface area contributed by atoms with Gasteiger partial charge in [-0.1, -0.05) is 78.6 Å². The van der Waals surface area contributed by atoms with Crippen molar-refractivity contribution >= 4 is 51.9 Å². The number of thiocarbonyl (C=S) groups is 1. The Kier molecular flexibility index (Phi) is 8.00. The van der Waals surface area contributed by atoms with Gasteiger partial charge in [0.25, 0.3) is 11.8 Å². The van der Waals surface area contributed by atoms with Crippen LogP contribution in [0.15, 0.2) is 77.7 Å². The first-order valence-corrected chi connectivity index (χ1v) is 12.5. The number of nitrogens with one attached hydrogen (secondary N) is 1. The molecule has 4 rings (SSSR count). The summed E-state index contributed by atoms with van der Waals surface area (Å²) in [4.78, 5) is 27.4. The normalized spacial score (nSPS) is 14.5. The van der Waals surface area contributed by atoms with E-state index in [9.17, 15) is 9.59 Å². The molecular weight excluding hydrogens is 476 g/mol. The standard InChI is InChI=1S/C28H26N2O3S2/c1-19-7-6-10-24(20(19)2)29-26(31)18-33-23-13-11-22(12-14-23)17-25-27(32)30(28(34)35-25)16-15-21-8-4-3-5-9-21/h3-14,17H,15-16,18H2,1-2H3,(H,29,31)/b25-17-. The van der Waals surface area contributed by atoms with Crippen LogP contribution in [-0.2, 0) is 16.0 Å². The molecule has 178 valence electrons. The maximum atomic E-state index is 12.9. The fourth-order valence-corrected chi connectivity index (χ4v) is 4.92. The number of rotatable bonds is 8. The van der Waals surface area contributed by atoms with Crippen molar-refractivity contribution in [1.82, 2.24) is 4.90 Å². The molecule has 1 saturated heterocycles. The Morgan fingerprint density at radius 2 is 1.77 bits per heavy atom. The highest BCUT2D eigenvalue weighted by Crippen LogP contribution is 2.33. The Morgan fingerprint density at radius 1 is 1.03 bits per heavy atom. The Morgan fingerprint density at radius 3 is 2.51 bits per heavy atom. The van der Waals surface area contributed by atoms with Crippen LogP contribution < -0.4 is 10.1 Å². The summed E-state index contributed by atoms with van der Waals surface area (Å²) in [6, 6.07) is 23.1. The van der Waals surface area contributed by atoms with E-state index >= 15 is 0 Å². The lowest BCUT2D eigenvalue weighted by Crippen LogP contribution is -2.30. The molecule has 1 aliphatic heterocycles. The highest BCUT2D eigenvalue weighted by atomic mass is 32.2. The summed E-state index contributed by atoms with van der Waals surface area (Å²) in [6.45, 7) is 4.45. The van der Waals surface area contributed by atoms with Crippen LogP contribution in [0, 0.1) is 13.8 Å². The van der Waals surface area contributed by atoms with Gasteiger partial charge in [-0.15, -0.1) is 0 Å². The third kappa shape index (κ3) is 6.38. The smallest absolute Gasteiger partial charge is 0.266 e. The summed E-state index contributed by atoms with van der Waals surface area (Å²) in [7, 11) is 0. The van der Waals surface area contributed by atoms with Crippen molar-refractivity contribution in [1.29, 1.82) is 0 Å². The van der Waals surface area contributed by atoms with Gasteiger partial charge < -0.3 is 10.1 Å². The van der Waals surface area contributed by atoms with Crippen molar-refractivity contribution in [2.45, 2.75) is 20.3 Å². The average molecular weight is 503 g/mol. The predicted molar refractivity (Wildman–Crippen MR) is 147 cm³/mol. The number of benzene rings is 3. The van der Waals surface area contributed by atoms with Crippen LogP contribution in [0.2, 0.25) is 0 Å². The fourth-order valence-electron chi connectivity index (χ4n) is 3.61. The van der Waals surface area contributed by atoms with Crippen LogP contribution in [0.5, 0.6) is 5.75 Å². The summed E-state index contributed by atoms with van der Waals surface area (Å²) in [5.74, 6) is 0.287. The molecule has 0 aromatic heterocycles. The van der Waals surface area contributed by atoms with E-state index in [0.29, 0.717) is 21.5 Å². The maximum Gasteiger partial charge on any atom is 0.266 e. The molecule has 0 unspecified atom stereocenters. The minimum atomic E-state index is -0.220. The lowest BCUT2D eigenvalue weighted by Gasteiger charge is -2.14. The molecule has 0 radical (unpaired) electrons. The predicted octanol–water partition coefficient (Wildman–Crippen LogP) is 5.76. The van der Waals surface area contributed by atoms with E-state index in [2.05, 4.69) is 5.32 Å². The number of hydrogen-bond donors (Lipinski definition) is 1. The Balaban J connectivity index is 1.31. The zero-order valence-electron chi connectivity index (χ0n) is 19.6. The van der Waals surface area contributed by atoms with Gasteiger partial charge in [-0.2, -0.15) is 0 Å². The number of aryl methyl sites for hydroxylation is 1. The van der Waals surface area contributed by atoms with Crippen LogP contribution in [0.25, 0.3) is 6.08 Å². The molecule has 1 fully saturated rings. The average Bonchev–Trinajstić information content (AvgIpc) is 3.12. The van der Waals surface area contributed by atoms with Crippen molar-refractivity contribution in [3.63, 3.8) is 0 Å². The Hall–Kier alpha value is -3.42. The Labute approximate surface area is 215 Å². The number of hydrogen-bond acceptors (Lipinski definition) is 5. The first-order valence-electron chi connectivity index (χ1n) is 11.3. The second-order valence-corrected chi connectivity index (χ2v) is 9.90. The van der Waals surface area contributed by atoms with Crippen LogP contribution in [0.3, 0.4) is 0 Å². The zero-order chi connectivity index (χ0) is 24.8. The third-order valence-corrected chi connectivity index (χ3v) is 7.14. The summed E-state index contributed by atoms with van der Waals surface area (Å²) in [5.41, 5.74) is 4.97. The molecule has 3 aromatic rings. The first kappa shape index (κ1) is 24.7. The quantitative estimate of drug-likeness (QED) is 0.313. The van der Waals surface area contributed by atoms with Gasteiger partial charge in [0.15, 0.2) is 6.61 Å². The summed E-state index contributed by atoms with van der Waals surface area (Å²) in [6.07, 6.45) is 2.59. The number of thioether (sulfide) groups is 1. The summed E-state index contributed by atoms with van der Waals surface area (Å²) < 4.78 is 6.21. The van der Waals surface area contributed by atoms with Crippen molar-refractivity contribution in [2.75, 3.05) is 18.5 Å². The molecule has 35 heavy (non-hydrogen) atoms. The second-order valence-electron chi connectivity index (χ2n) is 8.22. The van der Waals surface area contributed by atoms with Crippen LogP contribution in [0.4, 0.5) is 5.69 Å². The number of anilines is 1. The first-order chi connectivity index (χ1) is 16.9. The summed E-state index contributed by atoms with van der Waals surface area (Å²) in [5, 5.41) is 2.88. The van der Waals surface area contributed by atoms with Gasteiger partial charge in [-0.25, -0.2) is 0 Å². The molecular formula is C28H26N2O3S2. The molecule has 2 amide bonds. The van der Waals surface area contributed by atoms with Gasteiger partial charge in [0.1, 0.15) is 10.1 Å². The van der Waals surface area contributed by atoms with E-state index < -0.39 is 0 Å². The van der Waals surface area contributed by atoms with E-state index in [1.165, 1.54) is 17.3 Å². The van der Waals surface area contributed by atoms with E-state index in [-0.39, 0.29) is 18.4 Å². The molecule has 5 nitrogen and oxygen atoms in total. The molecule has 1 N–H and O–H groups in total. The topological polar surface area (TPSA) is 58.6 Å². The fraction of sp³-hybridized carbons (Fsp3) is 0.179. The van der Waals surface area contributed by atoms with Crippen molar-refractivity contribution in [2.24, 2.45) is 0 Å². The van der Waals surface area contributed by atoms with Crippen LogP contribution in [0.1, 0.15) is 22.3 Å². The molecule has 0 saturated carbocycles. The molecule has 0 spiro atoms. The lowest BCUT2D eigenvalue weighted by atomic mass is 10.1. The maximum absolute atomic E-state index is 12.9. The van der Waals surface area contributed by atoms with E-state index in [1.54, 1.807) is 17.0 Å². The second kappa shape index (κ2) is 11.3. The van der Waals surface area contributed by atoms with Gasteiger partial charge in [-0.05, 0) is 66.8 Å². The number of carbonyl (C=O) groups excluding carboxylic acids is 2. The summed E-state index contributed by atoms with van der Waals surface area (Å²) >= 11 is 6.75. The van der Waals surface area contributed by atoms with Crippen molar-refractivity contribution in [3.8, 4) is 5.75 Å². The number of ether oxygens (including phenoxy) is 1. The van der Waals surface area contributed by atoms with E-state index in [1.807, 2.05) is 80.6 Å². The molecule has 7 heteroatoms. The third-order valence-electron chi connectivity index (χ3n) is 5.77. The van der Waals surface area contributed by atoms with Crippen LogP contribution >= 0.6 is 24.0 Å². The van der Waals surface area contributed by atoms with Crippen LogP contribution in [-0.4, -0.2) is 34.2 Å². The SMILES string of the molecule is Cc1cccc(NC(=O)COc2ccc(/C=C3\SC(=S)N(CCc4ccccc4)C3=O)cc2)c1C. The molecule has 1 aliphatic rings. The minimum Gasteiger partial charge on any atom is -0.484 e. The van der Waals surface area contributed by atoms with Crippen molar-refractivity contribution in [3.05, 3.63) is 100.0 Å². The zero-order valence-corrected chi connectivity index (χ0v) is 21.2. The Bertz CT molecular complexity index is 1270. The number of amides is 2. The van der Waals surface area contributed by atoms with Gasteiger partial charge in [0, 0.05) is 12.2 Å². The molecule has 1 heterocycles. The van der Waals surface area contributed by atoms with E-state index in [0.717, 1.165) is 28.8 Å². The van der Waals surface area contributed by atoms with Gasteiger partial charge >= 0.3 is 0 Å². The molecule has 0 atom stereocenters. The number of carbonyl (C=O) groups is 2.